The monoisotopic (exact) mass is 164 g/mol. The van der Waals surface area contributed by atoms with Crippen LogP contribution in [-0.2, 0) is 0 Å². The van der Waals surface area contributed by atoms with Gasteiger partial charge in [0.2, 0.25) is 0 Å². The van der Waals surface area contributed by atoms with Gasteiger partial charge in [-0.15, -0.1) is 0 Å². The van der Waals surface area contributed by atoms with E-state index >= 15 is 0 Å². The van der Waals surface area contributed by atoms with E-state index in [1.54, 1.807) is 11.3 Å². The molecular weight excluding hydrogens is 156 g/mol. The molecule has 0 amide bonds. The number of nitrogens with zero attached hydrogens (tertiary/aromatic N) is 1. The summed E-state index contributed by atoms with van der Waals surface area (Å²) < 4.78 is 0. The molecule has 0 unspecified atom stereocenters. The summed E-state index contributed by atoms with van der Waals surface area (Å²) in [5.41, 5.74) is 3.33. The van der Waals surface area contributed by atoms with Gasteiger partial charge in [0.05, 0.1) is 5.69 Å². The van der Waals surface area contributed by atoms with Crippen molar-refractivity contribution in [2.24, 2.45) is 0 Å². The maximum Gasteiger partial charge on any atom is 0.0931 e. The molecule has 0 aliphatic carbocycles. The third-order valence-electron chi connectivity index (χ3n) is 1.52. The van der Waals surface area contributed by atoms with E-state index in [0.29, 0.717) is 0 Å². The zero-order valence-corrected chi connectivity index (χ0v) is 6.98. The number of aryl methyl sites for hydroxylation is 1. The summed E-state index contributed by atoms with van der Waals surface area (Å²) in [4.78, 5) is 0. The molecule has 0 aromatic carbocycles. The molecule has 2 aromatic heterocycles. The maximum absolute atomic E-state index is 4.14. The summed E-state index contributed by atoms with van der Waals surface area (Å²) in [5, 5.41) is 11.2. The van der Waals surface area contributed by atoms with Crippen LogP contribution in [0.1, 0.15) is 5.69 Å². The zero-order valence-electron chi connectivity index (χ0n) is 6.16. The molecule has 0 aliphatic rings. The predicted molar refractivity (Wildman–Crippen MR) is 46.6 cm³/mol. The standard InChI is InChI=1S/C8H8N2S/c1-6-4-8(10-9-6)7-2-3-11-5-7/h2-5H,1H3,(H,9,10). The van der Waals surface area contributed by atoms with Crippen LogP contribution >= 0.6 is 11.3 Å². The molecule has 0 radical (unpaired) electrons. The quantitative estimate of drug-likeness (QED) is 0.689. The Labute approximate surface area is 68.9 Å². The van der Waals surface area contributed by atoms with Gasteiger partial charge in [-0.25, -0.2) is 0 Å². The van der Waals surface area contributed by atoms with Gasteiger partial charge >= 0.3 is 0 Å². The zero-order chi connectivity index (χ0) is 7.68. The highest BCUT2D eigenvalue weighted by Gasteiger charge is 1.99. The Hall–Kier alpha value is -1.09. The van der Waals surface area contributed by atoms with E-state index in [1.165, 1.54) is 5.56 Å². The van der Waals surface area contributed by atoms with Crippen LogP contribution in [0.4, 0.5) is 0 Å². The Morgan fingerprint density at radius 1 is 1.55 bits per heavy atom. The van der Waals surface area contributed by atoms with E-state index in [4.69, 9.17) is 0 Å². The Kier molecular flexibility index (Phi) is 1.51. The number of hydrogen-bond donors (Lipinski definition) is 1. The number of H-pyrrole nitrogens is 1. The largest absolute Gasteiger partial charge is 0.282 e. The summed E-state index contributed by atoms with van der Waals surface area (Å²) in [6.45, 7) is 2.00. The van der Waals surface area contributed by atoms with E-state index in [0.717, 1.165) is 11.4 Å². The van der Waals surface area contributed by atoms with Crippen molar-refractivity contribution in [1.82, 2.24) is 10.2 Å². The molecule has 0 aliphatic heterocycles. The van der Waals surface area contributed by atoms with Crippen molar-refractivity contribution in [1.29, 1.82) is 0 Å². The molecule has 0 saturated heterocycles. The molecule has 0 saturated carbocycles. The number of nitrogens with one attached hydrogen (secondary N) is 1. The first kappa shape index (κ1) is 6.61. The van der Waals surface area contributed by atoms with Crippen LogP contribution < -0.4 is 0 Å². The van der Waals surface area contributed by atoms with Crippen molar-refractivity contribution >= 4 is 11.3 Å². The lowest BCUT2D eigenvalue weighted by molar-refractivity contribution is 1.05. The summed E-state index contributed by atoms with van der Waals surface area (Å²) >= 11 is 1.69. The number of aromatic nitrogens is 2. The highest BCUT2D eigenvalue weighted by Crippen LogP contribution is 2.19. The first-order valence-corrected chi connectivity index (χ1v) is 4.35. The van der Waals surface area contributed by atoms with E-state index in [-0.39, 0.29) is 0 Å². The topological polar surface area (TPSA) is 28.7 Å². The summed E-state index contributed by atoms with van der Waals surface area (Å²) in [5.74, 6) is 0. The van der Waals surface area contributed by atoms with Crippen LogP contribution in [0.5, 0.6) is 0 Å². The highest BCUT2D eigenvalue weighted by atomic mass is 32.1. The molecule has 0 bridgehead atoms. The first-order valence-electron chi connectivity index (χ1n) is 3.41. The maximum atomic E-state index is 4.14. The number of aromatic amines is 1. The van der Waals surface area contributed by atoms with Gasteiger partial charge in [0.15, 0.2) is 0 Å². The molecule has 0 spiro atoms. The van der Waals surface area contributed by atoms with Crippen LogP contribution in [0, 0.1) is 6.92 Å². The molecule has 2 heterocycles. The average molecular weight is 164 g/mol. The van der Waals surface area contributed by atoms with Gasteiger partial charge in [-0.2, -0.15) is 16.4 Å². The van der Waals surface area contributed by atoms with E-state index < -0.39 is 0 Å². The SMILES string of the molecule is Cc1cc(-c2ccsc2)n[nH]1. The van der Waals surface area contributed by atoms with E-state index in [9.17, 15) is 0 Å². The lowest BCUT2D eigenvalue weighted by Gasteiger charge is -1.84. The number of hydrogen-bond acceptors (Lipinski definition) is 2. The van der Waals surface area contributed by atoms with Gasteiger partial charge in [-0.1, -0.05) is 0 Å². The molecule has 11 heavy (non-hydrogen) atoms. The molecule has 2 nitrogen and oxygen atoms in total. The van der Waals surface area contributed by atoms with Crippen molar-refractivity contribution in [2.75, 3.05) is 0 Å². The number of thiophene rings is 1. The second kappa shape index (κ2) is 2.51. The van der Waals surface area contributed by atoms with E-state index in [1.807, 2.05) is 13.0 Å². The Morgan fingerprint density at radius 2 is 2.45 bits per heavy atom. The fraction of sp³-hybridized carbons (Fsp3) is 0.125. The summed E-state index contributed by atoms with van der Waals surface area (Å²) in [6, 6.07) is 4.11. The minimum Gasteiger partial charge on any atom is -0.282 e. The summed E-state index contributed by atoms with van der Waals surface area (Å²) in [7, 11) is 0. The lowest BCUT2D eigenvalue weighted by Crippen LogP contribution is -1.71. The van der Waals surface area contributed by atoms with Crippen molar-refractivity contribution < 1.29 is 0 Å². The van der Waals surface area contributed by atoms with Gasteiger partial charge in [0.25, 0.3) is 0 Å². The second-order valence-electron chi connectivity index (χ2n) is 2.45. The summed E-state index contributed by atoms with van der Waals surface area (Å²) in [6.07, 6.45) is 0. The van der Waals surface area contributed by atoms with Crippen molar-refractivity contribution in [3.8, 4) is 11.3 Å². The molecule has 2 rings (SSSR count). The molecule has 0 fully saturated rings. The minimum atomic E-state index is 1.03. The van der Waals surface area contributed by atoms with Gasteiger partial charge in [-0.3, -0.25) is 5.10 Å². The molecule has 3 heteroatoms. The lowest BCUT2D eigenvalue weighted by atomic mass is 10.2. The van der Waals surface area contributed by atoms with Crippen molar-refractivity contribution in [3.63, 3.8) is 0 Å². The fourth-order valence-corrected chi connectivity index (χ4v) is 1.63. The molecule has 56 valence electrons. The van der Waals surface area contributed by atoms with Crippen LogP contribution in [0.2, 0.25) is 0 Å². The van der Waals surface area contributed by atoms with Crippen LogP contribution in [0.15, 0.2) is 22.9 Å². The predicted octanol–water partition coefficient (Wildman–Crippen LogP) is 2.45. The molecular formula is C8H8N2S. The minimum absolute atomic E-state index is 1.03. The van der Waals surface area contributed by atoms with Crippen molar-refractivity contribution in [3.05, 3.63) is 28.6 Å². The second-order valence-corrected chi connectivity index (χ2v) is 3.23. The van der Waals surface area contributed by atoms with Crippen molar-refractivity contribution in [2.45, 2.75) is 6.92 Å². The molecule has 0 atom stereocenters. The van der Waals surface area contributed by atoms with Gasteiger partial charge in [-0.05, 0) is 24.4 Å². The average Bonchev–Trinajstić information content (AvgIpc) is 2.55. The van der Waals surface area contributed by atoms with E-state index in [2.05, 4.69) is 27.0 Å². The van der Waals surface area contributed by atoms with Crippen LogP contribution in [-0.4, -0.2) is 10.2 Å². The normalized spacial score (nSPS) is 10.3. The van der Waals surface area contributed by atoms with Crippen LogP contribution in [0.25, 0.3) is 11.3 Å². The first-order chi connectivity index (χ1) is 5.36. The highest BCUT2D eigenvalue weighted by molar-refractivity contribution is 7.08. The molecule has 2 aromatic rings. The number of rotatable bonds is 1. The fourth-order valence-electron chi connectivity index (χ4n) is 0.976. The third kappa shape index (κ3) is 1.19. The Morgan fingerprint density at radius 3 is 3.00 bits per heavy atom. The van der Waals surface area contributed by atoms with Gasteiger partial charge < -0.3 is 0 Å². The third-order valence-corrected chi connectivity index (χ3v) is 2.21. The smallest absolute Gasteiger partial charge is 0.0931 e. The van der Waals surface area contributed by atoms with Crippen LogP contribution in [0.3, 0.4) is 0 Å². The Bertz CT molecular complexity index is 335. The van der Waals surface area contributed by atoms with Gasteiger partial charge in [0, 0.05) is 16.6 Å². The Balaban J connectivity index is 2.45. The van der Waals surface area contributed by atoms with Gasteiger partial charge in [0.1, 0.15) is 0 Å². The molecule has 1 N–H and O–H groups in total.